The summed E-state index contributed by atoms with van der Waals surface area (Å²) in [6.07, 6.45) is 5.99. The number of aliphatic imine (C=N–C) groups is 1. The van der Waals surface area contributed by atoms with Crippen molar-refractivity contribution >= 4 is 35.4 Å². The molecule has 0 aliphatic heterocycles. The van der Waals surface area contributed by atoms with Crippen molar-refractivity contribution in [2.75, 3.05) is 12.4 Å². The van der Waals surface area contributed by atoms with E-state index < -0.39 is 5.82 Å². The SMILES string of the molecule is CN=Cc1nc(Nc2cc(C)nc(-c3ccc(C(=O)NCc4ccc(-c5cc(F)cnc5C)nc4)nc3)n2)ns1. The third-order valence-corrected chi connectivity index (χ3v) is 6.28. The van der Waals surface area contributed by atoms with Crippen LogP contribution in [-0.4, -0.2) is 53.4 Å². The molecule has 2 N–H and O–H groups in total. The highest BCUT2D eigenvalue weighted by Crippen LogP contribution is 2.22. The molecular weight excluding hydrogens is 531 g/mol. The Bertz CT molecular complexity index is 1690. The van der Waals surface area contributed by atoms with E-state index in [1.54, 1.807) is 56.8 Å². The van der Waals surface area contributed by atoms with Gasteiger partial charge in [0.05, 0.1) is 18.1 Å². The fourth-order valence-electron chi connectivity index (χ4n) is 3.71. The Balaban J connectivity index is 1.22. The highest BCUT2D eigenvalue weighted by atomic mass is 32.1. The van der Waals surface area contributed by atoms with Gasteiger partial charge in [-0.25, -0.2) is 14.4 Å². The lowest BCUT2D eigenvalue weighted by molar-refractivity contribution is 0.0946. The maximum absolute atomic E-state index is 13.6. The van der Waals surface area contributed by atoms with Crippen LogP contribution >= 0.6 is 11.5 Å². The number of nitrogens with one attached hydrogen (secondary N) is 2. The Hall–Kier alpha value is -5.04. The molecule has 13 heteroatoms. The number of halogens is 1. The molecule has 11 nitrogen and oxygen atoms in total. The second kappa shape index (κ2) is 11.8. The van der Waals surface area contributed by atoms with Crippen molar-refractivity contribution in [1.29, 1.82) is 0 Å². The maximum atomic E-state index is 13.6. The summed E-state index contributed by atoms with van der Waals surface area (Å²) in [7, 11) is 1.67. The summed E-state index contributed by atoms with van der Waals surface area (Å²) in [6, 6.07) is 10.1. The Labute approximate surface area is 232 Å². The van der Waals surface area contributed by atoms with Gasteiger partial charge in [0.2, 0.25) is 5.95 Å². The topological polar surface area (TPSA) is 144 Å². The molecule has 5 heterocycles. The summed E-state index contributed by atoms with van der Waals surface area (Å²) in [4.78, 5) is 42.7. The number of amides is 1. The molecule has 0 saturated heterocycles. The summed E-state index contributed by atoms with van der Waals surface area (Å²) in [5, 5.41) is 6.59. The van der Waals surface area contributed by atoms with Crippen LogP contribution in [0.15, 0.2) is 60.0 Å². The third kappa shape index (κ3) is 6.32. The molecule has 5 aromatic heterocycles. The van der Waals surface area contributed by atoms with Gasteiger partial charge in [0.1, 0.15) is 17.3 Å². The van der Waals surface area contributed by atoms with E-state index in [-0.39, 0.29) is 18.1 Å². The minimum atomic E-state index is -0.423. The number of aromatic nitrogens is 7. The van der Waals surface area contributed by atoms with E-state index in [2.05, 4.69) is 49.9 Å². The van der Waals surface area contributed by atoms with Crippen molar-refractivity contribution < 1.29 is 9.18 Å². The van der Waals surface area contributed by atoms with Crippen LogP contribution in [0.5, 0.6) is 0 Å². The Kier molecular flexibility index (Phi) is 7.82. The zero-order valence-electron chi connectivity index (χ0n) is 21.8. The molecule has 0 radical (unpaired) electrons. The van der Waals surface area contributed by atoms with Crippen molar-refractivity contribution in [2.45, 2.75) is 20.4 Å². The zero-order valence-corrected chi connectivity index (χ0v) is 22.6. The highest BCUT2D eigenvalue weighted by Gasteiger charge is 2.12. The molecule has 0 aliphatic rings. The standard InChI is InChI=1S/C27H23FN10OS/c1-15-8-23(36-27-37-24(14-29-3)40-38-27)35-25(34-15)18-5-7-22(32-12-18)26(39)33-11-17-4-6-21(31-10-17)20-9-19(28)13-30-16(20)2/h4-10,12-14H,11H2,1-3H3,(H,33,39)(H,34,35,36,38). The van der Waals surface area contributed by atoms with E-state index in [4.69, 9.17) is 0 Å². The van der Waals surface area contributed by atoms with Crippen molar-refractivity contribution in [3.8, 4) is 22.6 Å². The van der Waals surface area contributed by atoms with Crippen LogP contribution in [0.3, 0.4) is 0 Å². The number of anilines is 2. The first-order valence-electron chi connectivity index (χ1n) is 12.1. The summed E-state index contributed by atoms with van der Waals surface area (Å²) >= 11 is 1.22. The average Bonchev–Trinajstić information content (AvgIpc) is 3.40. The van der Waals surface area contributed by atoms with Gasteiger partial charge in [-0.3, -0.25) is 24.7 Å². The van der Waals surface area contributed by atoms with E-state index >= 15 is 0 Å². The predicted octanol–water partition coefficient (Wildman–Crippen LogP) is 4.33. The van der Waals surface area contributed by atoms with Crippen LogP contribution in [0.1, 0.15) is 32.4 Å². The summed E-state index contributed by atoms with van der Waals surface area (Å²) in [6.45, 7) is 3.90. The smallest absolute Gasteiger partial charge is 0.270 e. The lowest BCUT2D eigenvalue weighted by Crippen LogP contribution is -2.23. The highest BCUT2D eigenvalue weighted by molar-refractivity contribution is 7.07. The number of hydrogen-bond donors (Lipinski definition) is 2. The molecule has 0 unspecified atom stereocenters. The first-order chi connectivity index (χ1) is 19.4. The molecule has 0 fully saturated rings. The van der Waals surface area contributed by atoms with Crippen molar-refractivity contribution in [3.63, 3.8) is 0 Å². The third-order valence-electron chi connectivity index (χ3n) is 5.64. The molecule has 5 aromatic rings. The first-order valence-corrected chi connectivity index (χ1v) is 12.9. The second-order valence-corrected chi connectivity index (χ2v) is 9.42. The summed E-state index contributed by atoms with van der Waals surface area (Å²) < 4.78 is 17.8. The molecule has 0 atom stereocenters. The van der Waals surface area contributed by atoms with E-state index in [0.29, 0.717) is 45.1 Å². The number of carbonyl (C=O) groups is 1. The Morgan fingerprint density at radius 1 is 1.02 bits per heavy atom. The Morgan fingerprint density at radius 3 is 2.65 bits per heavy atom. The molecule has 0 bridgehead atoms. The quantitative estimate of drug-likeness (QED) is 0.268. The van der Waals surface area contributed by atoms with Crippen LogP contribution in [0.25, 0.3) is 22.6 Å². The van der Waals surface area contributed by atoms with Crippen LogP contribution < -0.4 is 10.6 Å². The molecule has 0 aromatic carbocycles. The van der Waals surface area contributed by atoms with E-state index in [1.807, 2.05) is 13.0 Å². The molecule has 1 amide bonds. The average molecular weight is 555 g/mol. The number of pyridine rings is 3. The fourth-order valence-corrected chi connectivity index (χ4v) is 4.26. The minimum Gasteiger partial charge on any atom is -0.347 e. The number of rotatable bonds is 8. The molecular formula is C27H23FN10OS. The van der Waals surface area contributed by atoms with Gasteiger partial charge in [-0.05, 0) is 55.2 Å². The molecule has 40 heavy (non-hydrogen) atoms. The van der Waals surface area contributed by atoms with Crippen LogP contribution in [-0.2, 0) is 6.54 Å². The normalized spacial score (nSPS) is 11.1. The first kappa shape index (κ1) is 26.6. The van der Waals surface area contributed by atoms with Crippen molar-refractivity contribution in [1.82, 2.24) is 39.6 Å². The molecule has 200 valence electrons. The largest absolute Gasteiger partial charge is 0.347 e. The molecule has 0 spiro atoms. The lowest BCUT2D eigenvalue weighted by atomic mass is 10.1. The van der Waals surface area contributed by atoms with Crippen molar-refractivity contribution in [2.24, 2.45) is 4.99 Å². The predicted molar refractivity (Wildman–Crippen MR) is 150 cm³/mol. The van der Waals surface area contributed by atoms with Crippen LogP contribution in [0.2, 0.25) is 0 Å². The fraction of sp³-hybridized carbons (Fsp3) is 0.148. The van der Waals surface area contributed by atoms with Gasteiger partial charge in [0.25, 0.3) is 5.91 Å². The Morgan fingerprint density at radius 2 is 1.90 bits per heavy atom. The van der Waals surface area contributed by atoms with Crippen molar-refractivity contribution in [3.05, 3.63) is 88.5 Å². The summed E-state index contributed by atoms with van der Waals surface area (Å²) in [5.74, 6) is 0.635. The van der Waals surface area contributed by atoms with Crippen LogP contribution in [0, 0.1) is 19.7 Å². The van der Waals surface area contributed by atoms with E-state index in [0.717, 1.165) is 11.3 Å². The number of nitrogens with zero attached hydrogens (tertiary/aromatic N) is 8. The minimum absolute atomic E-state index is 0.248. The number of aryl methyl sites for hydroxylation is 2. The monoisotopic (exact) mass is 554 g/mol. The van der Waals surface area contributed by atoms with Gasteiger partial charge in [-0.1, -0.05) is 6.07 Å². The van der Waals surface area contributed by atoms with E-state index in [1.165, 1.54) is 23.8 Å². The molecule has 5 rings (SSSR count). The molecule has 0 aliphatic carbocycles. The maximum Gasteiger partial charge on any atom is 0.270 e. The van der Waals surface area contributed by atoms with Gasteiger partial charge in [0.15, 0.2) is 10.8 Å². The number of hydrogen-bond acceptors (Lipinski definition) is 11. The van der Waals surface area contributed by atoms with E-state index in [9.17, 15) is 9.18 Å². The van der Waals surface area contributed by atoms with Gasteiger partial charge >= 0.3 is 0 Å². The summed E-state index contributed by atoms with van der Waals surface area (Å²) in [5.41, 5.74) is 4.33. The van der Waals surface area contributed by atoms with Gasteiger partial charge in [-0.15, -0.1) is 0 Å². The van der Waals surface area contributed by atoms with Gasteiger partial charge in [-0.2, -0.15) is 9.36 Å². The second-order valence-electron chi connectivity index (χ2n) is 8.64. The molecule has 0 saturated carbocycles. The van der Waals surface area contributed by atoms with Gasteiger partial charge < -0.3 is 10.6 Å². The number of carbonyl (C=O) groups excluding carboxylic acids is 1. The zero-order chi connectivity index (χ0) is 28.1. The lowest BCUT2D eigenvalue weighted by Gasteiger charge is -2.08. The van der Waals surface area contributed by atoms with Crippen LogP contribution in [0.4, 0.5) is 16.2 Å². The van der Waals surface area contributed by atoms with Gasteiger partial charge in [0, 0.05) is 54.6 Å².